The van der Waals surface area contributed by atoms with E-state index in [1.807, 2.05) is 11.8 Å². The molecule has 0 aliphatic heterocycles. The molecule has 3 heteroatoms. The highest BCUT2D eigenvalue weighted by Gasteiger charge is 2.19. The average Bonchev–Trinajstić information content (AvgIpc) is 2.50. The highest BCUT2D eigenvalue weighted by Crippen LogP contribution is 2.32. The molecule has 0 saturated heterocycles. The summed E-state index contributed by atoms with van der Waals surface area (Å²) < 4.78 is 5.33. The topological polar surface area (TPSA) is 21.3 Å². The lowest BCUT2D eigenvalue weighted by Crippen LogP contribution is -2.26. The van der Waals surface area contributed by atoms with Gasteiger partial charge >= 0.3 is 0 Å². The minimum atomic E-state index is 0.546. The van der Waals surface area contributed by atoms with Crippen molar-refractivity contribution in [1.82, 2.24) is 5.32 Å². The number of aryl methyl sites for hydroxylation is 1. The van der Waals surface area contributed by atoms with E-state index in [1.165, 1.54) is 55.4 Å². The Hall–Kier alpha value is -0.670. The number of rotatable bonds is 8. The number of hydrogen-bond donors (Lipinski definition) is 1. The SMILES string of the molecule is COc1ccc2c(c1)CCCC2NCCCCCSC. The van der Waals surface area contributed by atoms with E-state index in [4.69, 9.17) is 4.74 Å². The third-order valence-electron chi connectivity index (χ3n) is 4.08. The number of ether oxygens (including phenoxy) is 1. The number of unbranched alkanes of at least 4 members (excludes halogenated alkanes) is 2. The van der Waals surface area contributed by atoms with Gasteiger partial charge in [0, 0.05) is 6.04 Å². The Kier molecular flexibility index (Phi) is 6.74. The van der Waals surface area contributed by atoms with Gasteiger partial charge in [-0.2, -0.15) is 11.8 Å². The van der Waals surface area contributed by atoms with Crippen LogP contribution in [0.1, 0.15) is 49.3 Å². The van der Waals surface area contributed by atoms with E-state index in [0.717, 1.165) is 12.3 Å². The third kappa shape index (κ3) is 4.42. The first-order valence-electron chi connectivity index (χ1n) is 7.74. The van der Waals surface area contributed by atoms with Crippen molar-refractivity contribution < 1.29 is 4.74 Å². The maximum Gasteiger partial charge on any atom is 0.119 e. The molecular weight excluding hydrogens is 266 g/mol. The summed E-state index contributed by atoms with van der Waals surface area (Å²) in [5.41, 5.74) is 2.96. The Morgan fingerprint density at radius 2 is 2.20 bits per heavy atom. The van der Waals surface area contributed by atoms with Gasteiger partial charge in [-0.05, 0) is 73.9 Å². The van der Waals surface area contributed by atoms with Gasteiger partial charge in [-0.25, -0.2) is 0 Å². The lowest BCUT2D eigenvalue weighted by molar-refractivity contribution is 0.410. The molecule has 0 radical (unpaired) electrons. The predicted molar refractivity (Wildman–Crippen MR) is 88.9 cm³/mol. The van der Waals surface area contributed by atoms with Crippen molar-refractivity contribution in [2.75, 3.05) is 25.7 Å². The first-order valence-corrected chi connectivity index (χ1v) is 9.13. The number of methoxy groups -OCH3 is 1. The van der Waals surface area contributed by atoms with Crippen molar-refractivity contribution in [1.29, 1.82) is 0 Å². The van der Waals surface area contributed by atoms with Crippen LogP contribution in [-0.4, -0.2) is 25.7 Å². The molecule has 1 aromatic rings. The van der Waals surface area contributed by atoms with Gasteiger partial charge in [0.15, 0.2) is 0 Å². The Morgan fingerprint density at radius 1 is 1.30 bits per heavy atom. The van der Waals surface area contributed by atoms with Gasteiger partial charge < -0.3 is 10.1 Å². The van der Waals surface area contributed by atoms with Crippen LogP contribution in [0.3, 0.4) is 0 Å². The lowest BCUT2D eigenvalue weighted by Gasteiger charge is -2.27. The first kappa shape index (κ1) is 15.7. The standard InChI is InChI=1S/C17H27NOS/c1-19-15-9-10-16-14(13-15)7-6-8-17(16)18-11-4-3-5-12-20-2/h9-10,13,17-18H,3-8,11-12H2,1-2H3. The van der Waals surface area contributed by atoms with Crippen molar-refractivity contribution in [3.8, 4) is 5.75 Å². The van der Waals surface area contributed by atoms with E-state index in [-0.39, 0.29) is 0 Å². The summed E-state index contributed by atoms with van der Waals surface area (Å²) in [7, 11) is 1.74. The molecule has 0 amide bonds. The van der Waals surface area contributed by atoms with Crippen LogP contribution >= 0.6 is 11.8 Å². The van der Waals surface area contributed by atoms with E-state index < -0.39 is 0 Å². The summed E-state index contributed by atoms with van der Waals surface area (Å²) in [4.78, 5) is 0. The molecule has 0 heterocycles. The fraction of sp³-hybridized carbons (Fsp3) is 0.647. The van der Waals surface area contributed by atoms with Crippen molar-refractivity contribution >= 4 is 11.8 Å². The second-order valence-electron chi connectivity index (χ2n) is 5.52. The van der Waals surface area contributed by atoms with Gasteiger partial charge in [-0.15, -0.1) is 0 Å². The van der Waals surface area contributed by atoms with Gasteiger partial charge in [0.05, 0.1) is 7.11 Å². The minimum absolute atomic E-state index is 0.546. The average molecular weight is 293 g/mol. The number of thioether (sulfide) groups is 1. The molecule has 0 bridgehead atoms. The predicted octanol–water partition coefficient (Wildman–Crippen LogP) is 4.20. The summed E-state index contributed by atoms with van der Waals surface area (Å²) in [6.07, 6.45) is 9.91. The Bertz CT molecular complexity index is 408. The number of benzene rings is 1. The smallest absolute Gasteiger partial charge is 0.119 e. The minimum Gasteiger partial charge on any atom is -0.497 e. The quantitative estimate of drug-likeness (QED) is 0.726. The van der Waals surface area contributed by atoms with E-state index in [1.54, 1.807) is 7.11 Å². The molecule has 2 nitrogen and oxygen atoms in total. The normalized spacial score (nSPS) is 17.8. The molecule has 0 spiro atoms. The van der Waals surface area contributed by atoms with Gasteiger partial charge in [-0.3, -0.25) is 0 Å². The summed E-state index contributed by atoms with van der Waals surface area (Å²) in [5.74, 6) is 2.29. The van der Waals surface area contributed by atoms with Crippen molar-refractivity contribution in [3.05, 3.63) is 29.3 Å². The number of nitrogens with one attached hydrogen (secondary N) is 1. The number of hydrogen-bond acceptors (Lipinski definition) is 3. The van der Waals surface area contributed by atoms with E-state index in [9.17, 15) is 0 Å². The van der Waals surface area contributed by atoms with E-state index in [0.29, 0.717) is 6.04 Å². The van der Waals surface area contributed by atoms with Gasteiger partial charge in [0.25, 0.3) is 0 Å². The Labute approximate surface area is 127 Å². The van der Waals surface area contributed by atoms with Crippen LogP contribution in [0.2, 0.25) is 0 Å². The molecule has 1 atom stereocenters. The monoisotopic (exact) mass is 293 g/mol. The molecule has 1 unspecified atom stereocenters. The Morgan fingerprint density at radius 3 is 3.00 bits per heavy atom. The molecule has 1 aromatic carbocycles. The molecule has 112 valence electrons. The molecule has 20 heavy (non-hydrogen) atoms. The maximum absolute atomic E-state index is 5.33. The van der Waals surface area contributed by atoms with E-state index in [2.05, 4.69) is 29.8 Å². The summed E-state index contributed by atoms with van der Waals surface area (Å²) in [6, 6.07) is 7.10. The zero-order chi connectivity index (χ0) is 14.2. The van der Waals surface area contributed by atoms with Gasteiger partial charge in [0.2, 0.25) is 0 Å². The van der Waals surface area contributed by atoms with Crippen LogP contribution in [0.5, 0.6) is 5.75 Å². The second-order valence-corrected chi connectivity index (χ2v) is 6.50. The lowest BCUT2D eigenvalue weighted by atomic mass is 9.87. The fourth-order valence-electron chi connectivity index (χ4n) is 2.95. The maximum atomic E-state index is 5.33. The fourth-order valence-corrected chi connectivity index (χ4v) is 3.45. The molecule has 0 saturated carbocycles. The van der Waals surface area contributed by atoms with Crippen molar-refractivity contribution in [3.63, 3.8) is 0 Å². The van der Waals surface area contributed by atoms with Crippen LogP contribution < -0.4 is 10.1 Å². The van der Waals surface area contributed by atoms with Crippen LogP contribution in [0.4, 0.5) is 0 Å². The third-order valence-corrected chi connectivity index (χ3v) is 4.78. The highest BCUT2D eigenvalue weighted by atomic mass is 32.2. The molecule has 0 fully saturated rings. The first-order chi connectivity index (χ1) is 9.85. The Balaban J connectivity index is 1.82. The van der Waals surface area contributed by atoms with Crippen LogP contribution in [-0.2, 0) is 6.42 Å². The second kappa shape index (κ2) is 8.58. The molecular formula is C17H27NOS. The largest absolute Gasteiger partial charge is 0.497 e. The van der Waals surface area contributed by atoms with Crippen LogP contribution in [0.15, 0.2) is 18.2 Å². The van der Waals surface area contributed by atoms with Crippen LogP contribution in [0, 0.1) is 0 Å². The zero-order valence-corrected chi connectivity index (χ0v) is 13.6. The van der Waals surface area contributed by atoms with Crippen LogP contribution in [0.25, 0.3) is 0 Å². The summed E-state index contributed by atoms with van der Waals surface area (Å²) >= 11 is 1.95. The van der Waals surface area contributed by atoms with E-state index >= 15 is 0 Å². The highest BCUT2D eigenvalue weighted by molar-refractivity contribution is 7.98. The van der Waals surface area contributed by atoms with Gasteiger partial charge in [-0.1, -0.05) is 12.5 Å². The molecule has 1 aliphatic rings. The molecule has 1 aliphatic carbocycles. The summed E-state index contributed by atoms with van der Waals surface area (Å²) in [5, 5.41) is 3.74. The van der Waals surface area contributed by atoms with Crippen molar-refractivity contribution in [2.24, 2.45) is 0 Å². The molecule has 1 N–H and O–H groups in total. The summed E-state index contributed by atoms with van der Waals surface area (Å²) in [6.45, 7) is 1.14. The number of fused-ring (bicyclic) bond motifs is 1. The molecule has 2 rings (SSSR count). The molecule has 0 aromatic heterocycles. The zero-order valence-electron chi connectivity index (χ0n) is 12.8. The van der Waals surface area contributed by atoms with Gasteiger partial charge in [0.1, 0.15) is 5.75 Å². The van der Waals surface area contributed by atoms with Crippen molar-refractivity contribution in [2.45, 2.75) is 44.6 Å².